The van der Waals surface area contributed by atoms with E-state index in [1.165, 1.54) is 12.8 Å². The van der Waals surface area contributed by atoms with E-state index in [-0.39, 0.29) is 5.91 Å². The van der Waals surface area contributed by atoms with Crippen LogP contribution in [0.15, 0.2) is 0 Å². The van der Waals surface area contributed by atoms with Gasteiger partial charge in [0.1, 0.15) is 0 Å². The van der Waals surface area contributed by atoms with Crippen LogP contribution in [-0.2, 0) is 4.79 Å². The molecule has 0 atom stereocenters. The second kappa shape index (κ2) is 3.04. The molecule has 0 unspecified atom stereocenters. The molecule has 1 aliphatic rings. The standard InChI is InChI=1S/C8H15NO/c1-9(2)8(10)6-5-7-3-4-7/h7H,3-6H2,1-2H3. The second-order valence-corrected chi connectivity index (χ2v) is 3.27. The molecule has 0 aromatic rings. The lowest BCUT2D eigenvalue weighted by atomic mass is 10.2. The lowest BCUT2D eigenvalue weighted by Crippen LogP contribution is -2.21. The smallest absolute Gasteiger partial charge is 0.222 e. The molecule has 1 amide bonds. The topological polar surface area (TPSA) is 20.3 Å². The third-order valence-electron chi connectivity index (χ3n) is 1.96. The van der Waals surface area contributed by atoms with Gasteiger partial charge in [-0.3, -0.25) is 4.79 Å². The van der Waals surface area contributed by atoms with E-state index in [4.69, 9.17) is 0 Å². The first-order chi connectivity index (χ1) is 4.70. The van der Waals surface area contributed by atoms with Crippen LogP contribution in [0.5, 0.6) is 0 Å². The van der Waals surface area contributed by atoms with Crippen LogP contribution in [0.25, 0.3) is 0 Å². The van der Waals surface area contributed by atoms with Crippen molar-refractivity contribution in [1.29, 1.82) is 0 Å². The maximum absolute atomic E-state index is 11.0. The van der Waals surface area contributed by atoms with Crippen molar-refractivity contribution in [3.05, 3.63) is 0 Å². The van der Waals surface area contributed by atoms with Crippen molar-refractivity contribution in [2.24, 2.45) is 5.92 Å². The number of amides is 1. The summed E-state index contributed by atoms with van der Waals surface area (Å²) in [7, 11) is 3.63. The Hall–Kier alpha value is -0.530. The molecule has 0 spiro atoms. The van der Waals surface area contributed by atoms with E-state index >= 15 is 0 Å². The van der Waals surface area contributed by atoms with Crippen LogP contribution in [0.1, 0.15) is 25.7 Å². The molecule has 2 heteroatoms. The molecule has 0 saturated heterocycles. The average Bonchev–Trinajstić information content (AvgIpc) is 2.64. The molecule has 0 aromatic carbocycles. The van der Waals surface area contributed by atoms with Crippen LogP contribution >= 0.6 is 0 Å². The third-order valence-corrected chi connectivity index (χ3v) is 1.96. The Morgan fingerprint density at radius 2 is 2.10 bits per heavy atom. The first-order valence-electron chi connectivity index (χ1n) is 3.90. The Morgan fingerprint density at radius 3 is 2.50 bits per heavy atom. The predicted molar refractivity (Wildman–Crippen MR) is 40.7 cm³/mol. The zero-order valence-corrected chi connectivity index (χ0v) is 6.76. The molecule has 1 saturated carbocycles. The number of hydrogen-bond acceptors (Lipinski definition) is 1. The van der Waals surface area contributed by atoms with Crippen molar-refractivity contribution >= 4 is 5.91 Å². The predicted octanol–water partition coefficient (Wildman–Crippen LogP) is 1.26. The normalized spacial score (nSPS) is 17.0. The quantitative estimate of drug-likeness (QED) is 0.579. The lowest BCUT2D eigenvalue weighted by molar-refractivity contribution is -0.128. The summed E-state index contributed by atoms with van der Waals surface area (Å²) >= 11 is 0. The van der Waals surface area contributed by atoms with Gasteiger partial charge in [0.25, 0.3) is 0 Å². The highest BCUT2D eigenvalue weighted by molar-refractivity contribution is 5.75. The van der Waals surface area contributed by atoms with Gasteiger partial charge in [0.05, 0.1) is 0 Å². The van der Waals surface area contributed by atoms with Crippen LogP contribution in [0.3, 0.4) is 0 Å². The minimum atomic E-state index is 0.270. The minimum Gasteiger partial charge on any atom is -0.349 e. The van der Waals surface area contributed by atoms with Crippen molar-refractivity contribution in [3.8, 4) is 0 Å². The first kappa shape index (κ1) is 7.58. The Morgan fingerprint density at radius 1 is 1.50 bits per heavy atom. The largest absolute Gasteiger partial charge is 0.349 e. The zero-order valence-electron chi connectivity index (χ0n) is 6.76. The summed E-state index contributed by atoms with van der Waals surface area (Å²) in [5.74, 6) is 1.15. The van der Waals surface area contributed by atoms with Crippen molar-refractivity contribution in [3.63, 3.8) is 0 Å². The Labute approximate surface area is 62.2 Å². The van der Waals surface area contributed by atoms with Gasteiger partial charge in [-0.2, -0.15) is 0 Å². The number of hydrogen-bond donors (Lipinski definition) is 0. The minimum absolute atomic E-state index is 0.270. The van der Waals surface area contributed by atoms with E-state index in [0.29, 0.717) is 0 Å². The maximum Gasteiger partial charge on any atom is 0.222 e. The van der Waals surface area contributed by atoms with Gasteiger partial charge in [-0.25, -0.2) is 0 Å². The monoisotopic (exact) mass is 141 g/mol. The average molecular weight is 141 g/mol. The van der Waals surface area contributed by atoms with E-state index in [1.807, 2.05) is 14.1 Å². The Kier molecular flexibility index (Phi) is 2.30. The summed E-state index contributed by atoms with van der Waals surface area (Å²) in [5, 5.41) is 0. The lowest BCUT2D eigenvalue weighted by Gasteiger charge is -2.08. The van der Waals surface area contributed by atoms with Crippen LogP contribution < -0.4 is 0 Å². The summed E-state index contributed by atoms with van der Waals surface area (Å²) in [6, 6.07) is 0. The molecule has 0 N–H and O–H groups in total. The molecule has 0 aromatic heterocycles. The summed E-state index contributed by atoms with van der Waals surface area (Å²) in [4.78, 5) is 12.7. The van der Waals surface area contributed by atoms with Crippen LogP contribution in [-0.4, -0.2) is 24.9 Å². The summed E-state index contributed by atoms with van der Waals surface area (Å²) < 4.78 is 0. The van der Waals surface area contributed by atoms with Gasteiger partial charge in [0.15, 0.2) is 0 Å². The molecule has 58 valence electrons. The van der Waals surface area contributed by atoms with Crippen LogP contribution in [0.4, 0.5) is 0 Å². The number of nitrogens with zero attached hydrogens (tertiary/aromatic N) is 1. The van der Waals surface area contributed by atoms with E-state index in [2.05, 4.69) is 0 Å². The SMILES string of the molecule is CN(C)C(=O)CCC1CC1. The number of carbonyl (C=O) groups excluding carboxylic acids is 1. The molecule has 0 aliphatic heterocycles. The summed E-state index contributed by atoms with van der Waals surface area (Å²) in [6.45, 7) is 0. The van der Waals surface area contributed by atoms with Gasteiger partial charge < -0.3 is 4.90 Å². The van der Waals surface area contributed by atoms with Gasteiger partial charge in [-0.1, -0.05) is 12.8 Å². The van der Waals surface area contributed by atoms with Crippen LogP contribution in [0, 0.1) is 5.92 Å². The molecular formula is C8H15NO. The fourth-order valence-electron chi connectivity index (χ4n) is 0.958. The van der Waals surface area contributed by atoms with E-state index in [9.17, 15) is 4.79 Å². The zero-order chi connectivity index (χ0) is 7.56. The fraction of sp³-hybridized carbons (Fsp3) is 0.875. The van der Waals surface area contributed by atoms with Gasteiger partial charge in [-0.05, 0) is 12.3 Å². The molecule has 1 fully saturated rings. The van der Waals surface area contributed by atoms with E-state index in [0.717, 1.165) is 18.8 Å². The van der Waals surface area contributed by atoms with E-state index in [1.54, 1.807) is 4.90 Å². The molecule has 1 aliphatic carbocycles. The van der Waals surface area contributed by atoms with Crippen molar-refractivity contribution in [1.82, 2.24) is 4.90 Å². The Bertz CT molecular complexity index is 127. The maximum atomic E-state index is 11.0. The highest BCUT2D eigenvalue weighted by Crippen LogP contribution is 2.33. The highest BCUT2D eigenvalue weighted by atomic mass is 16.2. The molecule has 10 heavy (non-hydrogen) atoms. The van der Waals surface area contributed by atoms with Crippen LogP contribution in [0.2, 0.25) is 0 Å². The summed E-state index contributed by atoms with van der Waals surface area (Å²) in [6.07, 6.45) is 4.55. The fourth-order valence-corrected chi connectivity index (χ4v) is 0.958. The van der Waals surface area contributed by atoms with Gasteiger partial charge in [0.2, 0.25) is 5.91 Å². The molecular weight excluding hydrogens is 126 g/mol. The second-order valence-electron chi connectivity index (χ2n) is 3.27. The van der Waals surface area contributed by atoms with Gasteiger partial charge in [0, 0.05) is 20.5 Å². The van der Waals surface area contributed by atoms with Crippen molar-refractivity contribution in [2.75, 3.05) is 14.1 Å². The van der Waals surface area contributed by atoms with E-state index < -0.39 is 0 Å². The van der Waals surface area contributed by atoms with Crippen molar-refractivity contribution in [2.45, 2.75) is 25.7 Å². The molecule has 0 radical (unpaired) electrons. The van der Waals surface area contributed by atoms with Gasteiger partial charge >= 0.3 is 0 Å². The number of carbonyl (C=O) groups is 1. The first-order valence-corrected chi connectivity index (χ1v) is 3.90. The summed E-state index contributed by atoms with van der Waals surface area (Å²) in [5.41, 5.74) is 0. The molecule has 2 nitrogen and oxygen atoms in total. The van der Waals surface area contributed by atoms with Gasteiger partial charge in [-0.15, -0.1) is 0 Å². The molecule has 0 heterocycles. The Balaban J connectivity index is 2.05. The van der Waals surface area contributed by atoms with Crippen molar-refractivity contribution < 1.29 is 4.79 Å². The molecule has 0 bridgehead atoms. The third kappa shape index (κ3) is 2.38. The highest BCUT2D eigenvalue weighted by Gasteiger charge is 2.21. The molecule has 1 rings (SSSR count). The number of rotatable bonds is 3.